The number of benzene rings is 1. The molecule has 3 fully saturated rings. The van der Waals surface area contributed by atoms with Gasteiger partial charge in [-0.05, 0) is 64.7 Å². The second-order valence-electron chi connectivity index (χ2n) is 14.0. The van der Waals surface area contributed by atoms with E-state index in [4.69, 9.17) is 4.74 Å². The molecule has 1 aromatic heterocycles. The van der Waals surface area contributed by atoms with E-state index in [1.54, 1.807) is 50.2 Å². The summed E-state index contributed by atoms with van der Waals surface area (Å²) in [5, 5.41) is 15.7. The predicted octanol–water partition coefficient (Wildman–Crippen LogP) is 2.84. The first-order valence-electron chi connectivity index (χ1n) is 16.1. The molecule has 2 saturated heterocycles. The number of imidazole rings is 1. The van der Waals surface area contributed by atoms with Crippen LogP contribution in [0.4, 0.5) is 4.79 Å². The number of carbonyl (C=O) groups is 5. The number of rotatable bonds is 3. The van der Waals surface area contributed by atoms with E-state index < -0.39 is 53.0 Å². The molecule has 4 N–H and O–H groups in total. The maximum Gasteiger partial charge on any atom is 0.408 e. The van der Waals surface area contributed by atoms with Crippen molar-refractivity contribution in [1.29, 1.82) is 0 Å². The van der Waals surface area contributed by atoms with Crippen molar-refractivity contribution in [2.75, 3.05) is 19.6 Å². The fourth-order valence-corrected chi connectivity index (χ4v) is 7.24. The summed E-state index contributed by atoms with van der Waals surface area (Å²) in [4.78, 5) is 77.7. The molecular formula is C33H42N6O7. The summed E-state index contributed by atoms with van der Waals surface area (Å²) in [6.07, 6.45) is 8.37. The number of hydrogen-bond donors (Lipinski definition) is 4. The molecule has 13 nitrogen and oxygen atoms in total. The van der Waals surface area contributed by atoms with Gasteiger partial charge in [-0.15, -0.1) is 0 Å². The zero-order valence-corrected chi connectivity index (χ0v) is 26.5. The van der Waals surface area contributed by atoms with Crippen LogP contribution in [0.5, 0.6) is 0 Å². The summed E-state index contributed by atoms with van der Waals surface area (Å²) >= 11 is 0. The summed E-state index contributed by atoms with van der Waals surface area (Å²) in [6, 6.07) is 3.30. The molecule has 13 heteroatoms. The molecule has 4 amide bonds. The minimum atomic E-state index is -1.44. The Morgan fingerprint density at radius 3 is 2.67 bits per heavy atom. The normalized spacial score (nSPS) is 30.7. The van der Waals surface area contributed by atoms with Crippen molar-refractivity contribution in [3.63, 3.8) is 0 Å². The number of ether oxygens (including phenoxy) is 1. The number of alkyl carbamates (subject to hydrolysis) is 1. The molecule has 1 saturated carbocycles. The summed E-state index contributed by atoms with van der Waals surface area (Å²) < 4.78 is 5.46. The fourth-order valence-electron chi connectivity index (χ4n) is 7.24. The topological polar surface area (TPSA) is 174 Å². The van der Waals surface area contributed by atoms with Crippen LogP contribution in [0.1, 0.15) is 69.7 Å². The van der Waals surface area contributed by atoms with Gasteiger partial charge in [-0.25, -0.2) is 14.6 Å². The molecule has 0 spiro atoms. The van der Waals surface area contributed by atoms with Gasteiger partial charge in [0.1, 0.15) is 23.2 Å². The SMILES string of the molecule is CC(C)(C)OC(=O)N[C@@H]1CCCCC/C=C\[C@@H]2C[C@]2(C(=O)O)NC(=O)[C@@H]2[C@H]3CN(C(=O)c4ccc5nc[nH]c5c4)C[C@H]3CN2C1=O. The molecule has 246 valence electrons. The first kappa shape index (κ1) is 31.6. The summed E-state index contributed by atoms with van der Waals surface area (Å²) in [5.74, 6) is -3.25. The highest BCUT2D eigenvalue weighted by Gasteiger charge is 2.62. The molecule has 0 bridgehead atoms. The van der Waals surface area contributed by atoms with E-state index in [2.05, 4.69) is 20.6 Å². The van der Waals surface area contributed by atoms with Crippen molar-refractivity contribution in [3.05, 3.63) is 42.2 Å². The van der Waals surface area contributed by atoms with Crippen LogP contribution >= 0.6 is 0 Å². The molecule has 0 unspecified atom stereocenters. The number of likely N-dealkylation sites (tertiary alicyclic amines) is 1. The van der Waals surface area contributed by atoms with Crippen LogP contribution in [0.25, 0.3) is 11.0 Å². The molecule has 1 aromatic carbocycles. The van der Waals surface area contributed by atoms with Crippen LogP contribution in [0.3, 0.4) is 0 Å². The van der Waals surface area contributed by atoms with Crippen LogP contribution < -0.4 is 10.6 Å². The Morgan fingerprint density at radius 1 is 1.11 bits per heavy atom. The number of amides is 4. The number of nitrogens with zero attached hydrogens (tertiary/aromatic N) is 3. The Labute approximate surface area is 267 Å². The van der Waals surface area contributed by atoms with Gasteiger partial charge >= 0.3 is 12.1 Å². The van der Waals surface area contributed by atoms with E-state index in [-0.39, 0.29) is 37.3 Å². The Kier molecular flexibility index (Phi) is 8.28. The summed E-state index contributed by atoms with van der Waals surface area (Å²) in [7, 11) is 0. The van der Waals surface area contributed by atoms with Gasteiger partial charge < -0.3 is 35.3 Å². The predicted molar refractivity (Wildman–Crippen MR) is 166 cm³/mol. The van der Waals surface area contributed by atoms with Crippen molar-refractivity contribution >= 4 is 40.8 Å². The number of nitrogens with one attached hydrogen (secondary N) is 3. The monoisotopic (exact) mass is 634 g/mol. The highest BCUT2D eigenvalue weighted by Crippen LogP contribution is 2.46. The molecule has 6 rings (SSSR count). The molecule has 0 radical (unpaired) electrons. The quantitative estimate of drug-likeness (QED) is 0.373. The van der Waals surface area contributed by atoms with E-state index in [1.165, 1.54) is 4.90 Å². The number of hydrogen-bond acceptors (Lipinski definition) is 7. The maximum absolute atomic E-state index is 14.2. The van der Waals surface area contributed by atoms with Gasteiger partial charge in [-0.1, -0.05) is 25.0 Å². The number of aromatic nitrogens is 2. The lowest BCUT2D eigenvalue weighted by molar-refractivity contribution is -0.146. The second-order valence-corrected chi connectivity index (χ2v) is 14.0. The Bertz CT molecular complexity index is 1580. The van der Waals surface area contributed by atoms with Crippen molar-refractivity contribution in [1.82, 2.24) is 30.4 Å². The lowest BCUT2D eigenvalue weighted by Crippen LogP contribution is -2.58. The van der Waals surface area contributed by atoms with E-state index in [0.717, 1.165) is 30.3 Å². The summed E-state index contributed by atoms with van der Waals surface area (Å²) in [5.41, 5.74) is -0.251. The Morgan fingerprint density at radius 2 is 1.91 bits per heavy atom. The van der Waals surface area contributed by atoms with Crippen LogP contribution in [0, 0.1) is 17.8 Å². The average molecular weight is 635 g/mol. The number of H-pyrrole nitrogens is 1. The smallest absolute Gasteiger partial charge is 0.408 e. The molecule has 4 heterocycles. The van der Waals surface area contributed by atoms with Crippen molar-refractivity contribution in [3.8, 4) is 0 Å². The minimum absolute atomic E-state index is 0.194. The molecule has 2 aromatic rings. The van der Waals surface area contributed by atoms with Gasteiger partial charge in [0.25, 0.3) is 5.91 Å². The van der Waals surface area contributed by atoms with Crippen LogP contribution in [-0.4, -0.2) is 97.5 Å². The summed E-state index contributed by atoms with van der Waals surface area (Å²) in [6.45, 7) is 5.97. The highest BCUT2D eigenvalue weighted by molar-refractivity contribution is 5.99. The Hall–Kier alpha value is -4.42. The lowest BCUT2D eigenvalue weighted by Gasteiger charge is -2.33. The van der Waals surface area contributed by atoms with E-state index in [9.17, 15) is 29.1 Å². The third-order valence-electron chi connectivity index (χ3n) is 9.63. The maximum atomic E-state index is 14.2. The third kappa shape index (κ3) is 6.19. The van der Waals surface area contributed by atoms with Gasteiger partial charge in [0.2, 0.25) is 11.8 Å². The number of carbonyl (C=O) groups excluding carboxylic acids is 4. The zero-order chi connectivity index (χ0) is 32.8. The largest absolute Gasteiger partial charge is 0.479 e. The lowest BCUT2D eigenvalue weighted by atomic mass is 9.93. The zero-order valence-electron chi connectivity index (χ0n) is 26.5. The van der Waals surface area contributed by atoms with Gasteiger partial charge in [0.05, 0.1) is 17.4 Å². The van der Waals surface area contributed by atoms with Crippen LogP contribution in [0.2, 0.25) is 0 Å². The number of aliphatic carboxylic acids is 1. The molecular weight excluding hydrogens is 592 g/mol. The number of allylic oxidation sites excluding steroid dienone is 1. The molecule has 46 heavy (non-hydrogen) atoms. The molecule has 1 aliphatic carbocycles. The van der Waals surface area contributed by atoms with E-state index in [0.29, 0.717) is 24.9 Å². The van der Waals surface area contributed by atoms with E-state index in [1.807, 2.05) is 12.2 Å². The van der Waals surface area contributed by atoms with Crippen LogP contribution in [-0.2, 0) is 19.1 Å². The van der Waals surface area contributed by atoms with Crippen LogP contribution in [0.15, 0.2) is 36.7 Å². The van der Waals surface area contributed by atoms with Crippen molar-refractivity contribution in [2.45, 2.75) is 82.5 Å². The van der Waals surface area contributed by atoms with E-state index >= 15 is 0 Å². The third-order valence-corrected chi connectivity index (χ3v) is 9.63. The first-order valence-corrected chi connectivity index (χ1v) is 16.1. The molecule has 6 atom stereocenters. The number of carboxylic acid groups (broad SMARTS) is 1. The second kappa shape index (κ2) is 12.1. The fraction of sp³-hybridized carbons (Fsp3) is 0.576. The molecule has 3 aliphatic heterocycles. The number of fused-ring (bicyclic) bond motifs is 5. The van der Waals surface area contributed by atoms with Gasteiger partial charge in [-0.2, -0.15) is 0 Å². The standard InChI is InChI=1S/C33H42N6O7/c1-32(2,3)46-31(45)36-24-10-8-6-4-5-7-9-21-14-33(21,30(43)44)37-27(40)26-22-17-38(15-20(22)16-39(26)29(24)42)28(41)19-11-12-23-25(13-19)35-18-34-23/h7,9,11-13,18,20-22,24,26H,4-6,8,10,14-17H2,1-3H3,(H,34,35)(H,36,45)(H,37,40)(H,43,44)/b9-7-/t20-,21+,22-,24+,26-,33-/m0/s1. The van der Waals surface area contributed by atoms with Crippen molar-refractivity contribution in [2.24, 2.45) is 17.8 Å². The molecule has 4 aliphatic rings. The highest BCUT2D eigenvalue weighted by atomic mass is 16.6. The number of carboxylic acids is 1. The minimum Gasteiger partial charge on any atom is -0.479 e. The van der Waals surface area contributed by atoms with Gasteiger partial charge in [0, 0.05) is 43.0 Å². The number of aromatic amines is 1. The first-order chi connectivity index (χ1) is 21.9. The van der Waals surface area contributed by atoms with Gasteiger partial charge in [0.15, 0.2) is 0 Å². The van der Waals surface area contributed by atoms with Gasteiger partial charge in [-0.3, -0.25) is 14.4 Å². The average Bonchev–Trinajstić information content (AvgIpc) is 3.30. The van der Waals surface area contributed by atoms with Crippen molar-refractivity contribution < 1.29 is 33.8 Å². The Balaban J connectivity index is 1.28.